The third-order valence-corrected chi connectivity index (χ3v) is 6.85. The Labute approximate surface area is 122 Å². The standard InChI is InChI=1S/C10H14ClN3O4S2/c1-10(2-3-19(15,16)6-10)14-20(17,18)7-4-8(11)9(12)13-5-7/h4-5,14H,2-3,6H2,1H3,(H2,12,13). The van der Waals surface area contributed by atoms with Gasteiger partial charge in [-0.2, -0.15) is 0 Å². The molecule has 20 heavy (non-hydrogen) atoms. The lowest BCUT2D eigenvalue weighted by Crippen LogP contribution is -2.46. The summed E-state index contributed by atoms with van der Waals surface area (Å²) in [6.45, 7) is 1.56. The molecule has 1 atom stereocenters. The van der Waals surface area contributed by atoms with E-state index in [1.165, 1.54) is 6.07 Å². The van der Waals surface area contributed by atoms with Gasteiger partial charge < -0.3 is 5.73 Å². The second kappa shape index (κ2) is 4.83. The van der Waals surface area contributed by atoms with Crippen LogP contribution in [0.5, 0.6) is 0 Å². The first-order chi connectivity index (χ1) is 9.03. The molecular formula is C10H14ClN3O4S2. The summed E-state index contributed by atoms with van der Waals surface area (Å²) in [4.78, 5) is 3.53. The molecular weight excluding hydrogens is 326 g/mol. The maximum atomic E-state index is 12.2. The Morgan fingerprint density at radius 2 is 2.15 bits per heavy atom. The summed E-state index contributed by atoms with van der Waals surface area (Å²) in [5.41, 5.74) is 4.40. The predicted octanol–water partition coefficient (Wildman–Crippen LogP) is 0.173. The number of hydrogen-bond donors (Lipinski definition) is 2. The normalized spacial score (nSPS) is 25.7. The number of anilines is 1. The van der Waals surface area contributed by atoms with Crippen molar-refractivity contribution in [3.63, 3.8) is 0 Å². The van der Waals surface area contributed by atoms with Crippen LogP contribution in [0.3, 0.4) is 0 Å². The number of halogens is 1. The largest absolute Gasteiger partial charge is 0.382 e. The molecule has 2 rings (SSSR count). The molecule has 2 heterocycles. The third-order valence-electron chi connectivity index (χ3n) is 3.04. The molecule has 1 aromatic heterocycles. The highest BCUT2D eigenvalue weighted by Gasteiger charge is 2.41. The summed E-state index contributed by atoms with van der Waals surface area (Å²) >= 11 is 5.74. The fraction of sp³-hybridized carbons (Fsp3) is 0.500. The van der Waals surface area contributed by atoms with Gasteiger partial charge >= 0.3 is 0 Å². The first-order valence-corrected chi connectivity index (χ1v) is 9.37. The maximum absolute atomic E-state index is 12.2. The molecule has 1 aromatic rings. The fourth-order valence-electron chi connectivity index (χ4n) is 2.05. The lowest BCUT2D eigenvalue weighted by molar-refractivity contribution is 0.461. The summed E-state index contributed by atoms with van der Waals surface area (Å²) in [6.07, 6.45) is 1.31. The van der Waals surface area contributed by atoms with Crippen LogP contribution in [0.15, 0.2) is 17.2 Å². The molecule has 1 unspecified atom stereocenters. The number of nitrogens with two attached hydrogens (primary N) is 1. The Bertz CT molecular complexity index is 748. The van der Waals surface area contributed by atoms with Crippen LogP contribution in [0, 0.1) is 0 Å². The second-order valence-corrected chi connectivity index (χ2v) is 9.32. The van der Waals surface area contributed by atoms with Crippen molar-refractivity contribution in [2.75, 3.05) is 17.2 Å². The number of aromatic nitrogens is 1. The molecule has 10 heteroatoms. The summed E-state index contributed by atoms with van der Waals surface area (Å²) < 4.78 is 49.8. The number of nitrogens with zero attached hydrogens (tertiary/aromatic N) is 1. The molecule has 1 aliphatic rings. The van der Waals surface area contributed by atoms with Crippen molar-refractivity contribution in [3.05, 3.63) is 17.3 Å². The van der Waals surface area contributed by atoms with Gasteiger partial charge in [-0.15, -0.1) is 0 Å². The zero-order valence-electron chi connectivity index (χ0n) is 10.6. The van der Waals surface area contributed by atoms with Crippen molar-refractivity contribution in [2.45, 2.75) is 23.8 Å². The van der Waals surface area contributed by atoms with Crippen LogP contribution in [-0.4, -0.2) is 38.9 Å². The van der Waals surface area contributed by atoms with E-state index in [0.29, 0.717) is 0 Å². The SMILES string of the molecule is CC1(NS(=O)(=O)c2cnc(N)c(Cl)c2)CCS(=O)(=O)C1. The Morgan fingerprint density at radius 3 is 2.65 bits per heavy atom. The van der Waals surface area contributed by atoms with E-state index >= 15 is 0 Å². The van der Waals surface area contributed by atoms with Crippen LogP contribution in [0.25, 0.3) is 0 Å². The number of pyridine rings is 1. The van der Waals surface area contributed by atoms with Crippen LogP contribution in [-0.2, 0) is 19.9 Å². The Kier molecular flexibility index (Phi) is 3.74. The number of hydrogen-bond acceptors (Lipinski definition) is 6. The Morgan fingerprint density at radius 1 is 1.50 bits per heavy atom. The lowest BCUT2D eigenvalue weighted by Gasteiger charge is -2.23. The van der Waals surface area contributed by atoms with E-state index < -0.39 is 25.4 Å². The summed E-state index contributed by atoms with van der Waals surface area (Å²) in [6, 6.07) is 1.18. The molecule has 3 N–H and O–H groups in total. The van der Waals surface area contributed by atoms with Crippen LogP contribution in [0.2, 0.25) is 5.02 Å². The van der Waals surface area contributed by atoms with Gasteiger partial charge in [0.15, 0.2) is 9.84 Å². The zero-order chi connectivity index (χ0) is 15.2. The maximum Gasteiger partial charge on any atom is 0.242 e. The van der Waals surface area contributed by atoms with Crippen molar-refractivity contribution >= 4 is 37.3 Å². The van der Waals surface area contributed by atoms with Gasteiger partial charge in [-0.25, -0.2) is 26.5 Å². The van der Waals surface area contributed by atoms with Crippen molar-refractivity contribution in [1.82, 2.24) is 9.71 Å². The van der Waals surface area contributed by atoms with Gasteiger partial charge in [0.2, 0.25) is 10.0 Å². The fourth-order valence-corrected chi connectivity index (χ4v) is 5.87. The van der Waals surface area contributed by atoms with Gasteiger partial charge in [0, 0.05) is 11.7 Å². The van der Waals surface area contributed by atoms with Gasteiger partial charge in [-0.05, 0) is 19.4 Å². The minimum Gasteiger partial charge on any atom is -0.382 e. The van der Waals surface area contributed by atoms with E-state index in [2.05, 4.69) is 9.71 Å². The van der Waals surface area contributed by atoms with Gasteiger partial charge in [0.25, 0.3) is 0 Å². The second-order valence-electron chi connectivity index (χ2n) is 5.05. The van der Waals surface area contributed by atoms with Crippen LogP contribution >= 0.6 is 11.6 Å². The Balaban J connectivity index is 2.30. The average molecular weight is 340 g/mol. The van der Waals surface area contributed by atoms with Crippen LogP contribution in [0.4, 0.5) is 5.82 Å². The molecule has 0 radical (unpaired) electrons. The van der Waals surface area contributed by atoms with E-state index in [1.807, 2.05) is 0 Å². The van der Waals surface area contributed by atoms with Crippen molar-refractivity contribution in [2.24, 2.45) is 0 Å². The number of sulfone groups is 1. The van der Waals surface area contributed by atoms with Crippen molar-refractivity contribution in [1.29, 1.82) is 0 Å². The molecule has 112 valence electrons. The molecule has 0 saturated carbocycles. The van der Waals surface area contributed by atoms with Gasteiger partial charge in [0.05, 0.1) is 16.5 Å². The summed E-state index contributed by atoms with van der Waals surface area (Å²) in [7, 11) is -7.12. The highest BCUT2D eigenvalue weighted by Crippen LogP contribution is 2.26. The average Bonchev–Trinajstić information content (AvgIpc) is 2.55. The first-order valence-electron chi connectivity index (χ1n) is 5.68. The molecule has 0 bridgehead atoms. The molecule has 7 nitrogen and oxygen atoms in total. The van der Waals surface area contributed by atoms with Gasteiger partial charge in [-0.3, -0.25) is 0 Å². The monoisotopic (exact) mass is 339 g/mol. The van der Waals surface area contributed by atoms with Crippen molar-refractivity contribution in [3.8, 4) is 0 Å². The highest BCUT2D eigenvalue weighted by molar-refractivity contribution is 7.92. The van der Waals surface area contributed by atoms with E-state index in [4.69, 9.17) is 17.3 Å². The van der Waals surface area contributed by atoms with Crippen LogP contribution in [0.1, 0.15) is 13.3 Å². The van der Waals surface area contributed by atoms with E-state index in [9.17, 15) is 16.8 Å². The zero-order valence-corrected chi connectivity index (χ0v) is 13.0. The molecule has 1 aliphatic heterocycles. The molecule has 0 spiro atoms. The Hall–Kier alpha value is -0.900. The quantitative estimate of drug-likeness (QED) is 0.810. The third kappa shape index (κ3) is 3.22. The number of rotatable bonds is 3. The summed E-state index contributed by atoms with van der Waals surface area (Å²) in [5.74, 6) is -0.234. The number of nitrogen functional groups attached to an aromatic ring is 1. The van der Waals surface area contributed by atoms with Crippen LogP contribution < -0.4 is 10.5 Å². The smallest absolute Gasteiger partial charge is 0.242 e. The van der Waals surface area contributed by atoms with Gasteiger partial charge in [-0.1, -0.05) is 11.6 Å². The van der Waals surface area contributed by atoms with E-state index in [1.54, 1.807) is 6.92 Å². The number of sulfonamides is 1. The summed E-state index contributed by atoms with van der Waals surface area (Å²) in [5, 5.41) is 0.0251. The first kappa shape index (κ1) is 15.5. The highest BCUT2D eigenvalue weighted by atomic mass is 35.5. The van der Waals surface area contributed by atoms with E-state index in [0.717, 1.165) is 6.20 Å². The lowest BCUT2D eigenvalue weighted by atomic mass is 10.0. The minimum absolute atomic E-state index is 0.0251. The number of nitrogens with one attached hydrogen (secondary N) is 1. The molecule has 1 fully saturated rings. The van der Waals surface area contributed by atoms with Crippen molar-refractivity contribution < 1.29 is 16.8 Å². The predicted molar refractivity (Wildman–Crippen MR) is 75.7 cm³/mol. The molecule has 0 aromatic carbocycles. The topological polar surface area (TPSA) is 119 Å². The molecule has 0 aliphatic carbocycles. The van der Waals surface area contributed by atoms with Gasteiger partial charge in [0.1, 0.15) is 10.7 Å². The van der Waals surface area contributed by atoms with E-state index in [-0.39, 0.29) is 33.7 Å². The minimum atomic E-state index is -3.91. The molecule has 0 amide bonds. The molecule has 1 saturated heterocycles.